The van der Waals surface area contributed by atoms with Gasteiger partial charge in [0.25, 0.3) is 0 Å². The first-order valence-electron chi connectivity index (χ1n) is 12.5. The van der Waals surface area contributed by atoms with E-state index in [0.29, 0.717) is 17.9 Å². The van der Waals surface area contributed by atoms with Crippen LogP contribution in [0.1, 0.15) is 32.8 Å². The Hall–Kier alpha value is -1.93. The summed E-state index contributed by atoms with van der Waals surface area (Å²) in [5.74, 6) is -1.13. The van der Waals surface area contributed by atoms with Gasteiger partial charge in [-0.15, -0.1) is 0 Å². The van der Waals surface area contributed by atoms with E-state index in [1.165, 1.54) is 42.4 Å². The van der Waals surface area contributed by atoms with E-state index in [9.17, 15) is 24.3 Å². The van der Waals surface area contributed by atoms with Crippen molar-refractivity contribution in [3.05, 3.63) is 35.9 Å². The molecule has 0 heterocycles. The number of thioether (sulfide) groups is 1. The van der Waals surface area contributed by atoms with E-state index in [2.05, 4.69) is 5.32 Å². The Labute approximate surface area is 242 Å². The average Bonchev–Trinajstić information content (AvgIpc) is 2.89. The molecule has 1 rings (SSSR count). The molecule has 0 aliphatic rings. The van der Waals surface area contributed by atoms with Crippen molar-refractivity contribution >= 4 is 57.2 Å². The highest BCUT2D eigenvalue weighted by atomic mass is 33.1. The lowest BCUT2D eigenvalue weighted by atomic mass is 9.99. The van der Waals surface area contributed by atoms with Gasteiger partial charge in [-0.1, -0.05) is 51.9 Å². The SMILES string of the molecule is CSCCC([NH])CSSCC(Cc1ccccc1)C(=O)NC(C(=O)OC(COC(C)=O)COC(C)=O)C(C)O. The second-order valence-electron chi connectivity index (χ2n) is 8.83. The Morgan fingerprint density at radius 3 is 2.13 bits per heavy atom. The molecular weight excluding hydrogens is 564 g/mol. The van der Waals surface area contributed by atoms with Gasteiger partial charge in [0.2, 0.25) is 5.91 Å². The van der Waals surface area contributed by atoms with Crippen LogP contribution in [0.4, 0.5) is 0 Å². The zero-order chi connectivity index (χ0) is 29.2. The molecule has 0 spiro atoms. The summed E-state index contributed by atoms with van der Waals surface area (Å²) in [4.78, 5) is 48.6. The Bertz CT molecular complexity index is 873. The highest BCUT2D eigenvalue weighted by Gasteiger charge is 2.32. The number of carbonyl (C=O) groups excluding carboxylic acids is 4. The van der Waals surface area contributed by atoms with Gasteiger partial charge in [0, 0.05) is 31.4 Å². The molecule has 1 amide bonds. The number of nitrogens with one attached hydrogen (secondary N) is 2. The Morgan fingerprint density at radius 2 is 1.59 bits per heavy atom. The second kappa shape index (κ2) is 20.0. The van der Waals surface area contributed by atoms with Gasteiger partial charge in [-0.05, 0) is 37.3 Å². The molecule has 1 radical (unpaired) electrons. The molecule has 3 N–H and O–H groups in total. The molecule has 4 unspecified atom stereocenters. The highest BCUT2D eigenvalue weighted by Crippen LogP contribution is 2.27. The standard InChI is InChI=1S/C26H39N2O8S3/c1-17(29)24(26(33)36-23(13-34-18(2)30)14-35-19(3)31)28-25(32)21(12-20-8-6-5-7-9-20)15-38-39-16-22(27)10-11-37-4/h5-9,17,21-24,27,29H,10-16H2,1-4H3,(H,28,32). The van der Waals surface area contributed by atoms with E-state index < -0.39 is 48.0 Å². The first kappa shape index (κ1) is 35.1. The van der Waals surface area contributed by atoms with Gasteiger partial charge in [0.05, 0.1) is 12.0 Å². The first-order chi connectivity index (χ1) is 18.5. The van der Waals surface area contributed by atoms with Gasteiger partial charge >= 0.3 is 17.9 Å². The summed E-state index contributed by atoms with van der Waals surface area (Å²) in [7, 11) is 3.04. The summed E-state index contributed by atoms with van der Waals surface area (Å²) in [5.41, 5.74) is 9.06. The minimum Gasteiger partial charge on any atom is -0.462 e. The molecule has 0 saturated heterocycles. The molecule has 0 bridgehead atoms. The van der Waals surface area contributed by atoms with Crippen LogP contribution < -0.4 is 11.1 Å². The van der Waals surface area contributed by atoms with Crippen LogP contribution in [0, 0.1) is 5.92 Å². The van der Waals surface area contributed by atoms with Crippen LogP contribution in [-0.4, -0.2) is 89.9 Å². The number of hydrogen-bond acceptors (Lipinski definition) is 11. The summed E-state index contributed by atoms with van der Waals surface area (Å²) in [6.07, 6.45) is 0.832. The molecular formula is C26H39N2O8S3. The molecule has 0 aliphatic heterocycles. The number of aliphatic hydroxyl groups is 1. The molecule has 0 aromatic heterocycles. The maximum Gasteiger partial charge on any atom is 0.331 e. The summed E-state index contributed by atoms with van der Waals surface area (Å²) in [6.45, 7) is 3.00. The van der Waals surface area contributed by atoms with Crippen LogP contribution in [0.2, 0.25) is 0 Å². The number of esters is 3. The van der Waals surface area contributed by atoms with Crippen molar-refractivity contribution in [2.24, 2.45) is 5.92 Å². The van der Waals surface area contributed by atoms with E-state index in [-0.39, 0.29) is 19.3 Å². The van der Waals surface area contributed by atoms with Gasteiger partial charge in [0.15, 0.2) is 12.1 Å². The minimum atomic E-state index is -1.39. The van der Waals surface area contributed by atoms with Crippen LogP contribution in [0.25, 0.3) is 0 Å². The summed E-state index contributed by atoms with van der Waals surface area (Å²) < 4.78 is 15.1. The zero-order valence-corrected chi connectivity index (χ0v) is 25.2. The fraction of sp³-hybridized carbons (Fsp3) is 0.615. The summed E-state index contributed by atoms with van der Waals surface area (Å²) in [6, 6.07) is 7.89. The predicted octanol–water partition coefficient (Wildman–Crippen LogP) is 2.53. The van der Waals surface area contributed by atoms with Gasteiger partial charge in [0.1, 0.15) is 13.2 Å². The second-order valence-corrected chi connectivity index (χ2v) is 12.4. The van der Waals surface area contributed by atoms with Crippen molar-refractivity contribution in [3.63, 3.8) is 0 Å². The third-order valence-corrected chi connectivity index (χ3v) is 8.45. The average molecular weight is 604 g/mol. The Balaban J connectivity index is 2.89. The first-order valence-corrected chi connectivity index (χ1v) is 16.4. The third-order valence-electron chi connectivity index (χ3n) is 5.25. The Kier molecular flexibility index (Phi) is 18.0. The van der Waals surface area contributed by atoms with Gasteiger partial charge in [-0.25, -0.2) is 4.79 Å². The van der Waals surface area contributed by atoms with Crippen molar-refractivity contribution in [1.29, 1.82) is 0 Å². The number of amides is 1. The fourth-order valence-corrected chi connectivity index (χ4v) is 6.19. The van der Waals surface area contributed by atoms with E-state index in [4.69, 9.17) is 19.9 Å². The molecule has 219 valence electrons. The van der Waals surface area contributed by atoms with Crippen LogP contribution in [0.5, 0.6) is 0 Å². The van der Waals surface area contributed by atoms with Crippen molar-refractivity contribution in [2.45, 2.75) is 57.9 Å². The molecule has 1 aromatic rings. The normalized spacial score (nSPS) is 14.1. The molecule has 4 atom stereocenters. The number of aliphatic hydroxyl groups excluding tert-OH is 1. The van der Waals surface area contributed by atoms with Crippen molar-refractivity contribution in [1.82, 2.24) is 11.1 Å². The van der Waals surface area contributed by atoms with Crippen LogP contribution in [0.3, 0.4) is 0 Å². The van der Waals surface area contributed by atoms with Crippen LogP contribution in [0.15, 0.2) is 30.3 Å². The predicted molar refractivity (Wildman–Crippen MR) is 155 cm³/mol. The van der Waals surface area contributed by atoms with Gasteiger partial charge < -0.3 is 24.6 Å². The molecule has 10 nitrogen and oxygen atoms in total. The van der Waals surface area contributed by atoms with Crippen LogP contribution in [-0.2, 0) is 39.8 Å². The lowest BCUT2D eigenvalue weighted by Gasteiger charge is -2.25. The summed E-state index contributed by atoms with van der Waals surface area (Å²) in [5, 5.41) is 12.9. The number of benzene rings is 1. The number of rotatable bonds is 19. The maximum atomic E-state index is 13.3. The van der Waals surface area contributed by atoms with E-state index in [0.717, 1.165) is 17.7 Å². The monoisotopic (exact) mass is 603 g/mol. The minimum absolute atomic E-state index is 0.183. The highest BCUT2D eigenvalue weighted by molar-refractivity contribution is 8.76. The molecule has 0 fully saturated rings. The smallest absolute Gasteiger partial charge is 0.331 e. The molecule has 13 heteroatoms. The molecule has 39 heavy (non-hydrogen) atoms. The van der Waals surface area contributed by atoms with Crippen molar-refractivity contribution in [3.8, 4) is 0 Å². The quantitative estimate of drug-likeness (QED) is 0.104. The molecule has 1 aromatic carbocycles. The molecule has 0 saturated carbocycles. The van der Waals surface area contributed by atoms with E-state index in [1.807, 2.05) is 36.6 Å². The Morgan fingerprint density at radius 1 is 1.00 bits per heavy atom. The third kappa shape index (κ3) is 16.1. The van der Waals surface area contributed by atoms with E-state index >= 15 is 0 Å². The lowest BCUT2D eigenvalue weighted by molar-refractivity contribution is -0.169. The van der Waals surface area contributed by atoms with Crippen molar-refractivity contribution in [2.75, 3.05) is 36.7 Å². The van der Waals surface area contributed by atoms with Gasteiger partial charge in [-0.2, -0.15) is 11.8 Å². The number of ether oxygens (including phenoxy) is 3. The number of hydrogen-bond donors (Lipinski definition) is 2. The van der Waals surface area contributed by atoms with Crippen molar-refractivity contribution < 1.29 is 38.5 Å². The van der Waals surface area contributed by atoms with Crippen LogP contribution >= 0.6 is 33.3 Å². The fourth-order valence-electron chi connectivity index (χ4n) is 3.15. The molecule has 0 aliphatic carbocycles. The number of carbonyl (C=O) groups is 4. The topological polar surface area (TPSA) is 152 Å². The largest absolute Gasteiger partial charge is 0.462 e. The maximum absolute atomic E-state index is 13.3. The van der Waals surface area contributed by atoms with E-state index in [1.54, 1.807) is 11.8 Å². The zero-order valence-electron chi connectivity index (χ0n) is 22.8. The van der Waals surface area contributed by atoms with Gasteiger partial charge in [-0.3, -0.25) is 20.1 Å². The lowest BCUT2D eigenvalue weighted by Crippen LogP contribution is -2.52. The summed E-state index contributed by atoms with van der Waals surface area (Å²) >= 11 is 1.71.